The molecule has 1 N–H and O–H groups in total. The van der Waals surface area contributed by atoms with E-state index in [4.69, 9.17) is 6.42 Å². The Balaban J connectivity index is 1.84. The summed E-state index contributed by atoms with van der Waals surface area (Å²) in [5, 5.41) is 3.62. The van der Waals surface area contributed by atoms with E-state index < -0.39 is 5.95 Å². The Morgan fingerprint density at radius 3 is 3.06 bits per heavy atom. The second-order valence-electron chi connectivity index (χ2n) is 5.05. The predicted molar refractivity (Wildman–Crippen MR) is 68.9 cm³/mol. The van der Waals surface area contributed by atoms with Crippen LogP contribution >= 0.6 is 0 Å². The first-order valence-electron chi connectivity index (χ1n) is 6.39. The maximum atomic E-state index is 13.3. The number of nitrogens with one attached hydrogen (secondary N) is 1. The van der Waals surface area contributed by atoms with Crippen LogP contribution in [0.4, 0.5) is 10.1 Å². The summed E-state index contributed by atoms with van der Waals surface area (Å²) < 4.78 is 13.3. The van der Waals surface area contributed by atoms with Gasteiger partial charge < -0.3 is 10.2 Å². The van der Waals surface area contributed by atoms with Crippen LogP contribution in [0.15, 0.2) is 12.3 Å². The summed E-state index contributed by atoms with van der Waals surface area (Å²) in [5.74, 6) is 1.79. The van der Waals surface area contributed by atoms with E-state index in [1.165, 1.54) is 12.8 Å². The van der Waals surface area contributed by atoms with Crippen molar-refractivity contribution in [1.29, 1.82) is 0 Å². The molecule has 0 aromatic carbocycles. The summed E-state index contributed by atoms with van der Waals surface area (Å²) in [7, 11) is 0. The number of halogens is 1. The average molecular weight is 245 g/mol. The van der Waals surface area contributed by atoms with Crippen LogP contribution in [0.3, 0.4) is 0 Å². The first kappa shape index (κ1) is 11.5. The number of pyridine rings is 1. The van der Waals surface area contributed by atoms with Crippen LogP contribution < -0.4 is 10.2 Å². The van der Waals surface area contributed by atoms with E-state index in [0.717, 1.165) is 25.2 Å². The number of terminal acetylenes is 1. The molecule has 1 aromatic rings. The van der Waals surface area contributed by atoms with Crippen LogP contribution in [0.2, 0.25) is 0 Å². The van der Waals surface area contributed by atoms with Crippen LogP contribution in [0.25, 0.3) is 0 Å². The van der Waals surface area contributed by atoms with Gasteiger partial charge in [0.05, 0.1) is 17.4 Å². The third-order valence-electron chi connectivity index (χ3n) is 3.87. The smallest absolute Gasteiger partial charge is 0.228 e. The van der Waals surface area contributed by atoms with Gasteiger partial charge in [-0.15, -0.1) is 6.42 Å². The summed E-state index contributed by atoms with van der Waals surface area (Å²) in [6.07, 6.45) is 10.5. The van der Waals surface area contributed by atoms with Gasteiger partial charge in [-0.2, -0.15) is 4.39 Å². The van der Waals surface area contributed by atoms with Crippen molar-refractivity contribution in [3.8, 4) is 12.3 Å². The topological polar surface area (TPSA) is 28.2 Å². The Labute approximate surface area is 106 Å². The Hall–Kier alpha value is -1.60. The summed E-state index contributed by atoms with van der Waals surface area (Å²) in [5.41, 5.74) is 1.17. The zero-order valence-corrected chi connectivity index (χ0v) is 10.2. The Morgan fingerprint density at radius 2 is 2.22 bits per heavy atom. The maximum Gasteiger partial charge on any atom is 0.228 e. The molecule has 0 unspecified atom stereocenters. The number of anilines is 1. The van der Waals surface area contributed by atoms with E-state index in [9.17, 15) is 4.39 Å². The van der Waals surface area contributed by atoms with Crippen molar-refractivity contribution in [3.63, 3.8) is 0 Å². The fourth-order valence-corrected chi connectivity index (χ4v) is 2.89. The molecule has 94 valence electrons. The number of fused-ring (bicyclic) bond motifs is 2. The van der Waals surface area contributed by atoms with Crippen LogP contribution in [0.5, 0.6) is 0 Å². The van der Waals surface area contributed by atoms with Gasteiger partial charge in [0, 0.05) is 25.2 Å². The van der Waals surface area contributed by atoms with Crippen LogP contribution in [0.1, 0.15) is 24.8 Å². The molecule has 3 heterocycles. The fourth-order valence-electron chi connectivity index (χ4n) is 2.89. The van der Waals surface area contributed by atoms with E-state index in [2.05, 4.69) is 21.1 Å². The molecule has 0 radical (unpaired) electrons. The molecular formula is C14H16FN3. The van der Waals surface area contributed by atoms with Crippen molar-refractivity contribution in [2.75, 3.05) is 18.0 Å². The second-order valence-corrected chi connectivity index (χ2v) is 5.05. The van der Waals surface area contributed by atoms with Crippen LogP contribution in [-0.2, 0) is 0 Å². The highest BCUT2D eigenvalue weighted by Gasteiger charge is 2.29. The zero-order valence-electron chi connectivity index (χ0n) is 10.2. The van der Waals surface area contributed by atoms with Gasteiger partial charge in [-0.25, -0.2) is 4.98 Å². The molecule has 2 atom stereocenters. The highest BCUT2D eigenvalue weighted by Crippen LogP contribution is 2.25. The maximum absolute atomic E-state index is 13.3. The minimum atomic E-state index is -0.560. The SMILES string of the molecule is C#Cc1cc(N2CC[C@H]3CC[C@@H](C2)N3)cnc1F. The molecule has 3 rings (SSSR count). The largest absolute Gasteiger partial charge is 0.369 e. The highest BCUT2D eigenvalue weighted by atomic mass is 19.1. The number of hydrogen-bond acceptors (Lipinski definition) is 3. The monoisotopic (exact) mass is 245 g/mol. The Morgan fingerprint density at radius 1 is 1.39 bits per heavy atom. The standard InChI is InChI=1S/C14H16FN3/c1-2-10-7-13(8-16-14(10)15)18-6-5-11-3-4-12(9-18)17-11/h1,7-8,11-12,17H,3-6,9H2/t11-,12+/m1/s1. The van der Waals surface area contributed by atoms with Gasteiger partial charge in [0.2, 0.25) is 5.95 Å². The van der Waals surface area contributed by atoms with E-state index in [-0.39, 0.29) is 5.56 Å². The predicted octanol–water partition coefficient (Wildman–Crippen LogP) is 1.53. The van der Waals surface area contributed by atoms with Crippen LogP contribution in [-0.4, -0.2) is 30.2 Å². The molecule has 18 heavy (non-hydrogen) atoms. The van der Waals surface area contributed by atoms with E-state index >= 15 is 0 Å². The van der Waals surface area contributed by atoms with Gasteiger partial charge >= 0.3 is 0 Å². The minimum Gasteiger partial charge on any atom is -0.369 e. The Kier molecular flexibility index (Phi) is 2.92. The van der Waals surface area contributed by atoms with Gasteiger partial charge in [-0.3, -0.25) is 0 Å². The van der Waals surface area contributed by atoms with Crippen molar-refractivity contribution in [1.82, 2.24) is 10.3 Å². The normalized spacial score (nSPS) is 26.8. The third kappa shape index (κ3) is 2.06. The fraction of sp³-hybridized carbons (Fsp3) is 0.500. The summed E-state index contributed by atoms with van der Waals surface area (Å²) in [4.78, 5) is 6.00. The van der Waals surface area contributed by atoms with Crippen molar-refractivity contribution in [2.45, 2.75) is 31.3 Å². The number of hydrogen-bond donors (Lipinski definition) is 1. The highest BCUT2D eigenvalue weighted by molar-refractivity contribution is 5.50. The van der Waals surface area contributed by atoms with Gasteiger partial charge in [0.1, 0.15) is 0 Å². The molecule has 0 saturated carbocycles. The first-order chi connectivity index (χ1) is 8.76. The summed E-state index contributed by atoms with van der Waals surface area (Å²) >= 11 is 0. The molecule has 2 bridgehead atoms. The molecule has 1 aromatic heterocycles. The molecule has 2 aliphatic heterocycles. The quantitative estimate of drug-likeness (QED) is 0.601. The number of rotatable bonds is 1. The minimum absolute atomic E-state index is 0.245. The third-order valence-corrected chi connectivity index (χ3v) is 3.87. The van der Waals surface area contributed by atoms with Crippen molar-refractivity contribution in [3.05, 3.63) is 23.8 Å². The Bertz CT molecular complexity index is 494. The van der Waals surface area contributed by atoms with Crippen molar-refractivity contribution >= 4 is 5.69 Å². The van der Waals surface area contributed by atoms with Crippen molar-refractivity contribution in [2.24, 2.45) is 0 Å². The lowest BCUT2D eigenvalue weighted by molar-refractivity contribution is 0.563. The van der Waals surface area contributed by atoms with E-state index in [1.807, 2.05) is 0 Å². The lowest BCUT2D eigenvalue weighted by Crippen LogP contribution is -2.35. The second kappa shape index (κ2) is 4.58. The number of aromatic nitrogens is 1. The number of nitrogens with zero attached hydrogens (tertiary/aromatic N) is 2. The zero-order chi connectivity index (χ0) is 12.5. The molecule has 3 nitrogen and oxygen atoms in total. The van der Waals surface area contributed by atoms with Gasteiger partial charge in [-0.1, -0.05) is 5.92 Å². The van der Waals surface area contributed by atoms with E-state index in [1.54, 1.807) is 12.3 Å². The lowest BCUT2D eigenvalue weighted by atomic mass is 10.1. The van der Waals surface area contributed by atoms with Crippen molar-refractivity contribution < 1.29 is 4.39 Å². The molecule has 0 spiro atoms. The van der Waals surface area contributed by atoms with Gasteiger partial charge in [-0.05, 0) is 25.3 Å². The molecule has 2 saturated heterocycles. The average Bonchev–Trinajstić information content (AvgIpc) is 2.70. The summed E-state index contributed by atoms with van der Waals surface area (Å²) in [6, 6.07) is 2.90. The molecule has 2 aliphatic rings. The lowest BCUT2D eigenvalue weighted by Gasteiger charge is -2.26. The summed E-state index contributed by atoms with van der Waals surface area (Å²) in [6.45, 7) is 1.93. The van der Waals surface area contributed by atoms with Gasteiger partial charge in [0.15, 0.2) is 0 Å². The van der Waals surface area contributed by atoms with Crippen LogP contribution in [0, 0.1) is 18.3 Å². The molecular weight excluding hydrogens is 229 g/mol. The molecule has 0 amide bonds. The van der Waals surface area contributed by atoms with E-state index in [0.29, 0.717) is 12.1 Å². The molecule has 0 aliphatic carbocycles. The van der Waals surface area contributed by atoms with Gasteiger partial charge in [0.25, 0.3) is 0 Å². The molecule has 2 fully saturated rings. The first-order valence-corrected chi connectivity index (χ1v) is 6.39. The molecule has 4 heteroatoms.